The Bertz CT molecular complexity index is 585. The Balaban J connectivity index is 2.14. The molecule has 2 rings (SSSR count). The number of nitrogens with zero attached hydrogens (tertiary/aromatic N) is 4. The van der Waals surface area contributed by atoms with Crippen LogP contribution in [0.5, 0.6) is 0 Å². The van der Waals surface area contributed by atoms with Crippen molar-refractivity contribution < 1.29 is 4.79 Å². The molecule has 0 fully saturated rings. The monoisotopic (exact) mass is 259 g/mol. The zero-order chi connectivity index (χ0) is 14.0. The molecule has 0 unspecified atom stereocenters. The van der Waals surface area contributed by atoms with Crippen molar-refractivity contribution in [2.75, 3.05) is 12.8 Å². The van der Waals surface area contributed by atoms with Gasteiger partial charge in [-0.25, -0.2) is 4.98 Å². The van der Waals surface area contributed by atoms with Crippen LogP contribution in [0.4, 0.5) is 5.82 Å². The van der Waals surface area contributed by atoms with Gasteiger partial charge in [0.15, 0.2) is 0 Å². The van der Waals surface area contributed by atoms with Gasteiger partial charge in [-0.3, -0.25) is 9.48 Å². The minimum atomic E-state index is -0.0824. The van der Waals surface area contributed by atoms with Gasteiger partial charge in [0.05, 0.1) is 6.20 Å². The van der Waals surface area contributed by atoms with Crippen LogP contribution in [0, 0.1) is 6.92 Å². The molecule has 0 aromatic carbocycles. The van der Waals surface area contributed by atoms with E-state index in [-0.39, 0.29) is 5.91 Å². The second-order valence-corrected chi connectivity index (χ2v) is 4.61. The molecule has 0 saturated carbocycles. The third-order valence-electron chi connectivity index (χ3n) is 2.74. The van der Waals surface area contributed by atoms with Gasteiger partial charge < -0.3 is 10.6 Å². The second kappa shape index (κ2) is 5.09. The first-order valence-electron chi connectivity index (χ1n) is 5.93. The number of carbonyl (C=O) groups excluding carboxylic acids is 1. The van der Waals surface area contributed by atoms with Crippen LogP contribution in [0.1, 0.15) is 21.6 Å². The summed E-state index contributed by atoms with van der Waals surface area (Å²) in [4.78, 5) is 18.0. The van der Waals surface area contributed by atoms with Crippen LogP contribution in [0.2, 0.25) is 0 Å². The van der Waals surface area contributed by atoms with Crippen LogP contribution in [0.15, 0.2) is 24.5 Å². The second-order valence-electron chi connectivity index (χ2n) is 4.61. The Morgan fingerprint density at radius 2 is 2.21 bits per heavy atom. The first kappa shape index (κ1) is 13.1. The number of aromatic nitrogens is 3. The smallest absolute Gasteiger partial charge is 0.254 e. The Morgan fingerprint density at radius 1 is 1.47 bits per heavy atom. The maximum absolute atomic E-state index is 12.3. The average molecular weight is 259 g/mol. The minimum absolute atomic E-state index is 0.0824. The molecule has 0 saturated heterocycles. The zero-order valence-corrected chi connectivity index (χ0v) is 11.3. The number of rotatable bonds is 3. The summed E-state index contributed by atoms with van der Waals surface area (Å²) in [5.41, 5.74) is 7.93. The van der Waals surface area contributed by atoms with Crippen LogP contribution in [0.3, 0.4) is 0 Å². The number of pyridine rings is 1. The van der Waals surface area contributed by atoms with Crippen molar-refractivity contribution in [2.45, 2.75) is 13.5 Å². The van der Waals surface area contributed by atoms with E-state index in [1.807, 2.05) is 20.2 Å². The maximum Gasteiger partial charge on any atom is 0.254 e. The summed E-state index contributed by atoms with van der Waals surface area (Å²) in [6.07, 6.45) is 3.63. The SMILES string of the molecule is Cc1cc(C(=O)N(C)Cc2cnn(C)c2)cc(N)n1. The average Bonchev–Trinajstić information content (AvgIpc) is 2.72. The first-order chi connectivity index (χ1) is 8.95. The lowest BCUT2D eigenvalue weighted by Gasteiger charge is -2.16. The number of aryl methyl sites for hydroxylation is 2. The Labute approximate surface area is 111 Å². The summed E-state index contributed by atoms with van der Waals surface area (Å²) in [6.45, 7) is 2.32. The van der Waals surface area contributed by atoms with Gasteiger partial charge in [0.2, 0.25) is 0 Å². The van der Waals surface area contributed by atoms with Gasteiger partial charge in [-0.05, 0) is 19.1 Å². The highest BCUT2D eigenvalue weighted by Gasteiger charge is 2.14. The van der Waals surface area contributed by atoms with Crippen LogP contribution < -0.4 is 5.73 Å². The molecule has 6 heteroatoms. The first-order valence-corrected chi connectivity index (χ1v) is 5.93. The molecule has 0 radical (unpaired) electrons. The summed E-state index contributed by atoms with van der Waals surface area (Å²) in [5.74, 6) is 0.277. The predicted molar refractivity (Wildman–Crippen MR) is 72.4 cm³/mol. The standard InChI is InChI=1S/C13H17N5O/c1-9-4-11(5-12(14)16-9)13(19)17(2)7-10-6-15-18(3)8-10/h4-6,8H,7H2,1-3H3,(H2,14,16). The molecule has 2 aromatic heterocycles. The Hall–Kier alpha value is -2.37. The van der Waals surface area contributed by atoms with Crippen molar-refractivity contribution in [2.24, 2.45) is 7.05 Å². The van der Waals surface area contributed by atoms with Crippen molar-refractivity contribution >= 4 is 11.7 Å². The third-order valence-corrected chi connectivity index (χ3v) is 2.74. The molecule has 1 amide bonds. The molecular formula is C13H17N5O. The minimum Gasteiger partial charge on any atom is -0.384 e. The molecule has 19 heavy (non-hydrogen) atoms. The van der Waals surface area contributed by atoms with Crippen molar-refractivity contribution in [3.05, 3.63) is 41.3 Å². The molecule has 100 valence electrons. The van der Waals surface area contributed by atoms with Crippen LogP contribution >= 0.6 is 0 Å². The zero-order valence-electron chi connectivity index (χ0n) is 11.3. The number of carbonyl (C=O) groups is 1. The summed E-state index contributed by atoms with van der Waals surface area (Å²) in [7, 11) is 3.60. The number of hydrogen-bond acceptors (Lipinski definition) is 4. The van der Waals surface area contributed by atoms with Gasteiger partial charge in [0.1, 0.15) is 5.82 Å². The van der Waals surface area contributed by atoms with Crippen LogP contribution in [-0.2, 0) is 13.6 Å². The lowest BCUT2D eigenvalue weighted by Crippen LogP contribution is -2.26. The normalized spacial score (nSPS) is 10.5. The van der Waals surface area contributed by atoms with E-state index in [0.717, 1.165) is 11.3 Å². The molecule has 0 bridgehead atoms. The van der Waals surface area contributed by atoms with Crippen molar-refractivity contribution in [3.8, 4) is 0 Å². The molecule has 0 aliphatic rings. The largest absolute Gasteiger partial charge is 0.384 e. The Morgan fingerprint density at radius 3 is 2.79 bits per heavy atom. The fourth-order valence-electron chi connectivity index (χ4n) is 1.94. The number of amides is 1. The molecule has 0 aliphatic heterocycles. The number of nitrogens with two attached hydrogens (primary N) is 1. The molecule has 0 spiro atoms. The third kappa shape index (κ3) is 3.09. The van der Waals surface area contributed by atoms with E-state index >= 15 is 0 Å². The number of hydrogen-bond donors (Lipinski definition) is 1. The van der Waals surface area contributed by atoms with Gasteiger partial charge in [0.25, 0.3) is 5.91 Å². The van der Waals surface area contributed by atoms with Gasteiger partial charge in [-0.2, -0.15) is 5.10 Å². The molecule has 2 aromatic rings. The van der Waals surface area contributed by atoms with E-state index in [4.69, 9.17) is 5.73 Å². The van der Waals surface area contributed by atoms with Crippen LogP contribution in [0.25, 0.3) is 0 Å². The van der Waals surface area contributed by atoms with Crippen LogP contribution in [-0.4, -0.2) is 32.6 Å². The number of anilines is 1. The molecule has 2 heterocycles. The summed E-state index contributed by atoms with van der Waals surface area (Å²) in [6, 6.07) is 3.33. The molecule has 0 atom stereocenters. The van der Waals surface area contributed by atoms with E-state index in [2.05, 4.69) is 10.1 Å². The lowest BCUT2D eigenvalue weighted by molar-refractivity contribution is 0.0785. The van der Waals surface area contributed by atoms with E-state index in [1.165, 1.54) is 0 Å². The highest BCUT2D eigenvalue weighted by Crippen LogP contribution is 2.11. The summed E-state index contributed by atoms with van der Waals surface area (Å²) in [5, 5.41) is 4.08. The Kier molecular flexibility index (Phi) is 3.50. The predicted octanol–water partition coefficient (Wildman–Crippen LogP) is 0.978. The highest BCUT2D eigenvalue weighted by molar-refractivity contribution is 5.94. The topological polar surface area (TPSA) is 77.0 Å². The molecule has 0 aliphatic carbocycles. The molecule has 6 nitrogen and oxygen atoms in total. The number of nitrogen functional groups attached to an aromatic ring is 1. The van der Waals surface area contributed by atoms with Crippen molar-refractivity contribution in [1.29, 1.82) is 0 Å². The van der Waals surface area contributed by atoms with Gasteiger partial charge >= 0.3 is 0 Å². The van der Waals surface area contributed by atoms with Gasteiger partial charge in [-0.1, -0.05) is 0 Å². The lowest BCUT2D eigenvalue weighted by atomic mass is 10.2. The fraction of sp³-hybridized carbons (Fsp3) is 0.308. The van der Waals surface area contributed by atoms with Crippen molar-refractivity contribution in [3.63, 3.8) is 0 Å². The van der Waals surface area contributed by atoms with E-state index < -0.39 is 0 Å². The van der Waals surface area contributed by atoms with E-state index in [1.54, 1.807) is 35.0 Å². The van der Waals surface area contributed by atoms with Gasteiger partial charge in [0, 0.05) is 43.7 Å². The van der Waals surface area contributed by atoms with E-state index in [0.29, 0.717) is 17.9 Å². The van der Waals surface area contributed by atoms with Gasteiger partial charge in [-0.15, -0.1) is 0 Å². The highest BCUT2D eigenvalue weighted by atomic mass is 16.2. The summed E-state index contributed by atoms with van der Waals surface area (Å²) < 4.78 is 1.71. The molecular weight excluding hydrogens is 242 g/mol. The van der Waals surface area contributed by atoms with Crippen molar-refractivity contribution in [1.82, 2.24) is 19.7 Å². The fourth-order valence-corrected chi connectivity index (χ4v) is 1.94. The van der Waals surface area contributed by atoms with E-state index in [9.17, 15) is 4.79 Å². The summed E-state index contributed by atoms with van der Waals surface area (Å²) >= 11 is 0. The maximum atomic E-state index is 12.3. The molecule has 2 N–H and O–H groups in total. The quantitative estimate of drug-likeness (QED) is 0.891.